The molecule has 0 atom stereocenters. The summed E-state index contributed by atoms with van der Waals surface area (Å²) in [7, 11) is 0. The summed E-state index contributed by atoms with van der Waals surface area (Å²) >= 11 is 0. The van der Waals surface area contributed by atoms with Crippen LogP contribution in [0.15, 0.2) is 116 Å². The summed E-state index contributed by atoms with van der Waals surface area (Å²) in [6.07, 6.45) is 3.79. The maximum absolute atomic E-state index is 7.97. The molecule has 41 heavy (non-hydrogen) atoms. The van der Waals surface area contributed by atoms with Crippen molar-refractivity contribution in [3.8, 4) is 11.5 Å². The molecule has 0 fully saturated rings. The summed E-state index contributed by atoms with van der Waals surface area (Å²) in [6.45, 7) is 6.72. The first kappa shape index (κ1) is 22.0. The van der Waals surface area contributed by atoms with Gasteiger partial charge in [0.05, 0.1) is 17.1 Å². The summed E-state index contributed by atoms with van der Waals surface area (Å²) in [5.74, 6) is 0.597. The lowest BCUT2D eigenvalue weighted by Gasteiger charge is -2.26. The lowest BCUT2D eigenvalue weighted by atomic mass is 9.77. The van der Waals surface area contributed by atoms with Gasteiger partial charge in [0, 0.05) is 26.5 Å². The van der Waals surface area contributed by atoms with Crippen molar-refractivity contribution in [2.24, 2.45) is 0 Å². The fraction of sp³-hybridized carbons (Fsp3) is 0.189. The zero-order valence-corrected chi connectivity index (χ0v) is 23.8. The zero-order valence-electron chi connectivity index (χ0n) is 26.8. The molecule has 0 N–H and O–H groups in total. The van der Waals surface area contributed by atoms with E-state index < -0.39 is 6.85 Å². The van der Waals surface area contributed by atoms with Crippen LogP contribution in [0.1, 0.15) is 54.5 Å². The molecule has 202 valence electrons. The monoisotopic (exact) mass is 538 g/mol. The van der Waals surface area contributed by atoms with E-state index in [-0.39, 0.29) is 11.0 Å². The molecular formula is C37H35N4+. The first-order valence-electron chi connectivity index (χ1n) is 15.7. The van der Waals surface area contributed by atoms with E-state index in [1.54, 1.807) is 18.3 Å². The van der Waals surface area contributed by atoms with Gasteiger partial charge in [-0.2, -0.15) is 4.57 Å². The fourth-order valence-electron chi connectivity index (χ4n) is 6.11. The number of hydrogen-bond donors (Lipinski definition) is 0. The van der Waals surface area contributed by atoms with Crippen LogP contribution in [-0.2, 0) is 5.41 Å². The summed E-state index contributed by atoms with van der Waals surface area (Å²) in [6, 6.07) is 35.8. The average molecular weight is 539 g/mol. The molecule has 3 aromatic heterocycles. The van der Waals surface area contributed by atoms with Gasteiger partial charge in [0.15, 0.2) is 11.0 Å². The molecule has 7 rings (SSSR count). The molecular weight excluding hydrogens is 500 g/mol. The quantitative estimate of drug-likeness (QED) is 0.202. The Morgan fingerprint density at radius 2 is 1.51 bits per heavy atom. The SMILES string of the molecule is [2H]C([2H])([2H])c1ccnc(-n2c3ccccc3c3ccc(C(C)(C)c4cccc(-n5c[n+](C(C)C)c6ccccc65)c4)cc32)c1. The molecule has 0 aliphatic heterocycles. The minimum Gasteiger partial charge on any atom is -0.294 e. The molecule has 0 aliphatic carbocycles. The largest absolute Gasteiger partial charge is 0.294 e. The molecule has 0 radical (unpaired) electrons. The van der Waals surface area contributed by atoms with Gasteiger partial charge in [0.1, 0.15) is 11.5 Å². The van der Waals surface area contributed by atoms with Gasteiger partial charge in [-0.15, -0.1) is 0 Å². The molecule has 0 saturated heterocycles. The number of nitrogens with zero attached hydrogens (tertiary/aromatic N) is 4. The predicted octanol–water partition coefficient (Wildman–Crippen LogP) is 8.63. The fourth-order valence-corrected chi connectivity index (χ4v) is 6.11. The van der Waals surface area contributed by atoms with Crippen LogP contribution in [0.25, 0.3) is 44.3 Å². The number of rotatable bonds is 5. The van der Waals surface area contributed by atoms with Crippen LogP contribution in [0.5, 0.6) is 0 Å². The van der Waals surface area contributed by atoms with Crippen molar-refractivity contribution in [2.75, 3.05) is 0 Å². The van der Waals surface area contributed by atoms with Gasteiger partial charge in [0.25, 0.3) is 0 Å². The molecule has 4 heteroatoms. The Balaban J connectivity index is 1.39. The molecule has 7 aromatic rings. The van der Waals surface area contributed by atoms with Crippen molar-refractivity contribution in [3.05, 3.63) is 132 Å². The maximum atomic E-state index is 7.97. The van der Waals surface area contributed by atoms with Gasteiger partial charge in [0.2, 0.25) is 6.33 Å². The van der Waals surface area contributed by atoms with Gasteiger partial charge in [-0.25, -0.2) is 9.55 Å². The number of imidazole rings is 1. The number of aryl methyl sites for hydroxylation is 1. The Bertz CT molecular complexity index is 2180. The Kier molecular flexibility index (Phi) is 5.08. The molecule has 0 aliphatic rings. The number of benzene rings is 4. The van der Waals surface area contributed by atoms with Crippen molar-refractivity contribution < 1.29 is 8.68 Å². The van der Waals surface area contributed by atoms with E-state index >= 15 is 0 Å². The number of fused-ring (bicyclic) bond motifs is 4. The highest BCUT2D eigenvalue weighted by Crippen LogP contribution is 2.38. The van der Waals surface area contributed by atoms with Crippen LogP contribution in [-0.4, -0.2) is 14.1 Å². The second-order valence-corrected chi connectivity index (χ2v) is 11.6. The lowest BCUT2D eigenvalue weighted by molar-refractivity contribution is -0.691. The van der Waals surface area contributed by atoms with Crippen LogP contribution in [0, 0.1) is 6.85 Å². The van der Waals surface area contributed by atoms with Crippen LogP contribution in [0.4, 0.5) is 0 Å². The summed E-state index contributed by atoms with van der Waals surface area (Å²) in [5.41, 5.74) is 7.81. The Hall–Kier alpha value is -4.70. The van der Waals surface area contributed by atoms with E-state index in [0.717, 1.165) is 33.1 Å². The average Bonchev–Trinajstić information content (AvgIpc) is 3.57. The first-order chi connectivity index (χ1) is 21.0. The molecule has 0 saturated carbocycles. The molecule has 0 amide bonds. The van der Waals surface area contributed by atoms with Crippen LogP contribution in [0.3, 0.4) is 0 Å². The third-order valence-corrected chi connectivity index (χ3v) is 8.43. The molecule has 4 nitrogen and oxygen atoms in total. The zero-order chi connectivity index (χ0) is 30.8. The molecule has 0 unspecified atom stereocenters. The summed E-state index contributed by atoms with van der Waals surface area (Å²) in [4.78, 5) is 4.64. The Morgan fingerprint density at radius 3 is 2.34 bits per heavy atom. The highest BCUT2D eigenvalue weighted by Gasteiger charge is 2.27. The second-order valence-electron chi connectivity index (χ2n) is 11.6. The maximum Gasteiger partial charge on any atom is 0.250 e. The number of aromatic nitrogens is 4. The van der Waals surface area contributed by atoms with Crippen LogP contribution in [0.2, 0.25) is 0 Å². The smallest absolute Gasteiger partial charge is 0.250 e. The van der Waals surface area contributed by atoms with E-state index in [1.807, 2.05) is 12.1 Å². The van der Waals surface area contributed by atoms with E-state index in [4.69, 9.17) is 4.11 Å². The van der Waals surface area contributed by atoms with E-state index in [9.17, 15) is 0 Å². The number of pyridine rings is 1. The summed E-state index contributed by atoms with van der Waals surface area (Å²) in [5, 5.41) is 2.21. The van der Waals surface area contributed by atoms with E-state index in [2.05, 4.69) is 132 Å². The van der Waals surface area contributed by atoms with E-state index in [1.165, 1.54) is 16.6 Å². The molecule has 4 aromatic carbocycles. The normalized spacial score (nSPS) is 13.6. The van der Waals surface area contributed by atoms with Gasteiger partial charge in [-0.3, -0.25) is 4.57 Å². The molecule has 0 bridgehead atoms. The second kappa shape index (κ2) is 9.45. The van der Waals surface area contributed by atoms with Crippen LogP contribution < -0.4 is 4.57 Å². The topological polar surface area (TPSA) is 26.6 Å². The van der Waals surface area contributed by atoms with E-state index in [0.29, 0.717) is 11.9 Å². The van der Waals surface area contributed by atoms with Crippen molar-refractivity contribution in [2.45, 2.75) is 46.0 Å². The van der Waals surface area contributed by atoms with Crippen molar-refractivity contribution in [1.29, 1.82) is 0 Å². The third-order valence-electron chi connectivity index (χ3n) is 8.43. The first-order valence-corrected chi connectivity index (χ1v) is 14.2. The number of hydrogen-bond acceptors (Lipinski definition) is 1. The Labute approximate surface area is 245 Å². The number of para-hydroxylation sites is 3. The van der Waals surface area contributed by atoms with Crippen molar-refractivity contribution in [3.63, 3.8) is 0 Å². The highest BCUT2D eigenvalue weighted by atomic mass is 15.1. The standard InChI is InChI=1S/C37H35N4/c1-25(2)39-24-40(34-16-9-8-15-33(34)39)29-12-10-11-27(22-29)37(4,5)28-17-18-31-30-13-6-7-14-32(30)41(35(31)23-28)36-21-26(3)19-20-38-36/h6-25H,1-5H3/q+1/i3D3. The minimum absolute atomic E-state index is 0.276. The molecule has 3 heterocycles. The van der Waals surface area contributed by atoms with Gasteiger partial charge in [-0.1, -0.05) is 68.4 Å². The van der Waals surface area contributed by atoms with Gasteiger partial charge in [-0.05, 0) is 85.9 Å². The van der Waals surface area contributed by atoms with Gasteiger partial charge >= 0.3 is 0 Å². The molecule has 0 spiro atoms. The Morgan fingerprint density at radius 1 is 0.756 bits per heavy atom. The van der Waals surface area contributed by atoms with Crippen LogP contribution >= 0.6 is 0 Å². The lowest BCUT2D eigenvalue weighted by Crippen LogP contribution is -2.34. The third kappa shape index (κ3) is 4.05. The summed E-state index contributed by atoms with van der Waals surface area (Å²) < 4.78 is 30.6. The highest BCUT2D eigenvalue weighted by molar-refractivity contribution is 6.09. The van der Waals surface area contributed by atoms with Crippen molar-refractivity contribution in [1.82, 2.24) is 14.1 Å². The van der Waals surface area contributed by atoms with Crippen molar-refractivity contribution >= 4 is 32.8 Å². The predicted molar refractivity (Wildman–Crippen MR) is 169 cm³/mol. The van der Waals surface area contributed by atoms with Gasteiger partial charge < -0.3 is 0 Å². The minimum atomic E-state index is -2.21.